The van der Waals surface area contributed by atoms with E-state index in [1.807, 2.05) is 42.0 Å². The minimum atomic E-state index is -0.264. The number of thiophene rings is 1. The molecule has 3 aromatic rings. The fraction of sp³-hybridized carbons (Fsp3) is 0.0526. The van der Waals surface area contributed by atoms with Crippen molar-refractivity contribution in [1.29, 1.82) is 0 Å². The topological polar surface area (TPSA) is 58.2 Å². The van der Waals surface area contributed by atoms with Gasteiger partial charge in [-0.05, 0) is 48.0 Å². The normalized spacial score (nSPS) is 10.3. The summed E-state index contributed by atoms with van der Waals surface area (Å²) in [5, 5.41) is 7.53. The average Bonchev–Trinajstić information content (AvgIpc) is 3.17. The van der Waals surface area contributed by atoms with Crippen LogP contribution in [-0.2, 0) is 0 Å². The molecule has 2 N–H and O–H groups in total. The zero-order valence-corrected chi connectivity index (χ0v) is 15.1. The minimum Gasteiger partial charge on any atom is -0.322 e. The number of nitrogens with one attached hydrogen (secondary N) is 2. The SMILES string of the molecule is CSc1cccc(NC(=O)c2ccccc2NC(=O)c2cccs2)c1. The van der Waals surface area contributed by atoms with E-state index in [1.165, 1.54) is 11.3 Å². The smallest absolute Gasteiger partial charge is 0.265 e. The van der Waals surface area contributed by atoms with Gasteiger partial charge < -0.3 is 10.6 Å². The van der Waals surface area contributed by atoms with Crippen LogP contribution in [0.15, 0.2) is 70.9 Å². The van der Waals surface area contributed by atoms with Crippen LogP contribution >= 0.6 is 23.1 Å². The van der Waals surface area contributed by atoms with Gasteiger partial charge in [0.15, 0.2) is 0 Å². The van der Waals surface area contributed by atoms with Crippen molar-refractivity contribution in [3.63, 3.8) is 0 Å². The van der Waals surface area contributed by atoms with E-state index in [4.69, 9.17) is 0 Å². The summed E-state index contributed by atoms with van der Waals surface area (Å²) in [7, 11) is 0. The lowest BCUT2D eigenvalue weighted by atomic mass is 10.1. The van der Waals surface area contributed by atoms with Gasteiger partial charge in [-0.3, -0.25) is 9.59 Å². The fourth-order valence-electron chi connectivity index (χ4n) is 2.28. The molecule has 0 aliphatic carbocycles. The molecule has 0 unspecified atom stereocenters. The summed E-state index contributed by atoms with van der Waals surface area (Å²) >= 11 is 2.97. The van der Waals surface area contributed by atoms with Gasteiger partial charge in [0.2, 0.25) is 0 Å². The molecule has 0 atom stereocenters. The molecule has 0 spiro atoms. The Labute approximate surface area is 154 Å². The van der Waals surface area contributed by atoms with Gasteiger partial charge in [0.05, 0.1) is 16.1 Å². The maximum atomic E-state index is 12.6. The molecule has 0 saturated heterocycles. The first kappa shape index (κ1) is 17.3. The van der Waals surface area contributed by atoms with E-state index in [0.717, 1.165) is 10.6 Å². The van der Waals surface area contributed by atoms with Crippen molar-refractivity contribution in [2.75, 3.05) is 16.9 Å². The number of anilines is 2. The highest BCUT2D eigenvalue weighted by Gasteiger charge is 2.14. The lowest BCUT2D eigenvalue weighted by Crippen LogP contribution is -2.17. The maximum absolute atomic E-state index is 12.6. The first-order valence-corrected chi connectivity index (χ1v) is 9.67. The fourth-order valence-corrected chi connectivity index (χ4v) is 3.36. The summed E-state index contributed by atoms with van der Waals surface area (Å²) in [6.07, 6.45) is 1.98. The van der Waals surface area contributed by atoms with E-state index < -0.39 is 0 Å². The van der Waals surface area contributed by atoms with Crippen molar-refractivity contribution < 1.29 is 9.59 Å². The number of benzene rings is 2. The third-order valence-corrected chi connectivity index (χ3v) is 5.09. The van der Waals surface area contributed by atoms with E-state index >= 15 is 0 Å². The molecule has 126 valence electrons. The van der Waals surface area contributed by atoms with E-state index in [-0.39, 0.29) is 11.8 Å². The molecular formula is C19H16N2O2S2. The summed E-state index contributed by atoms with van der Waals surface area (Å²) in [5.74, 6) is -0.486. The minimum absolute atomic E-state index is 0.223. The van der Waals surface area contributed by atoms with Crippen molar-refractivity contribution in [1.82, 2.24) is 0 Å². The van der Waals surface area contributed by atoms with Gasteiger partial charge >= 0.3 is 0 Å². The number of carbonyl (C=O) groups excluding carboxylic acids is 2. The molecule has 0 fully saturated rings. The molecule has 0 aliphatic rings. The predicted octanol–water partition coefficient (Wildman–Crippen LogP) is 4.97. The average molecular weight is 368 g/mol. The first-order chi connectivity index (χ1) is 12.2. The highest BCUT2D eigenvalue weighted by molar-refractivity contribution is 7.98. The van der Waals surface area contributed by atoms with E-state index in [1.54, 1.807) is 42.1 Å². The Balaban J connectivity index is 1.79. The third kappa shape index (κ3) is 4.29. The Morgan fingerprint density at radius 3 is 2.52 bits per heavy atom. The summed E-state index contributed by atoms with van der Waals surface area (Å²) in [4.78, 5) is 26.6. The van der Waals surface area contributed by atoms with Crippen molar-refractivity contribution in [2.45, 2.75) is 4.90 Å². The van der Waals surface area contributed by atoms with Crippen LogP contribution in [-0.4, -0.2) is 18.1 Å². The van der Waals surface area contributed by atoms with Crippen LogP contribution < -0.4 is 10.6 Å². The number of rotatable bonds is 5. The number of hydrogen-bond acceptors (Lipinski definition) is 4. The summed E-state index contributed by atoms with van der Waals surface area (Å²) in [6.45, 7) is 0. The predicted molar refractivity (Wildman–Crippen MR) is 105 cm³/mol. The van der Waals surface area contributed by atoms with Gasteiger partial charge in [0.1, 0.15) is 0 Å². The Hall–Kier alpha value is -2.57. The van der Waals surface area contributed by atoms with Crippen molar-refractivity contribution in [2.24, 2.45) is 0 Å². The van der Waals surface area contributed by atoms with E-state index in [0.29, 0.717) is 16.1 Å². The molecule has 4 nitrogen and oxygen atoms in total. The van der Waals surface area contributed by atoms with Crippen LogP contribution in [0.1, 0.15) is 20.0 Å². The van der Waals surface area contributed by atoms with Crippen LogP contribution in [0.2, 0.25) is 0 Å². The second-order valence-electron chi connectivity index (χ2n) is 5.16. The number of para-hydroxylation sites is 1. The van der Waals surface area contributed by atoms with Gasteiger partial charge in [-0.25, -0.2) is 0 Å². The lowest BCUT2D eigenvalue weighted by Gasteiger charge is -2.11. The van der Waals surface area contributed by atoms with Crippen molar-refractivity contribution in [3.8, 4) is 0 Å². The molecular weight excluding hydrogens is 352 g/mol. The van der Waals surface area contributed by atoms with Gasteiger partial charge in [-0.1, -0.05) is 24.3 Å². The zero-order chi connectivity index (χ0) is 17.6. The first-order valence-electron chi connectivity index (χ1n) is 7.56. The number of thioether (sulfide) groups is 1. The number of carbonyl (C=O) groups is 2. The van der Waals surface area contributed by atoms with Crippen molar-refractivity contribution >= 4 is 46.3 Å². The quantitative estimate of drug-likeness (QED) is 0.625. The van der Waals surface area contributed by atoms with Gasteiger partial charge in [0.25, 0.3) is 11.8 Å². The molecule has 0 radical (unpaired) electrons. The summed E-state index contributed by atoms with van der Waals surface area (Å²) in [5.41, 5.74) is 1.62. The molecule has 1 heterocycles. The van der Waals surface area contributed by atoms with Gasteiger partial charge in [0, 0.05) is 10.6 Å². The summed E-state index contributed by atoms with van der Waals surface area (Å²) < 4.78 is 0. The largest absolute Gasteiger partial charge is 0.322 e. The number of amides is 2. The molecule has 6 heteroatoms. The zero-order valence-electron chi connectivity index (χ0n) is 13.5. The lowest BCUT2D eigenvalue weighted by molar-refractivity contribution is 0.102. The third-order valence-electron chi connectivity index (χ3n) is 3.49. The standard InChI is InChI=1S/C19H16N2O2S2/c1-24-14-7-4-6-13(12-14)20-18(22)15-8-2-3-9-16(15)21-19(23)17-10-5-11-25-17/h2-12H,1H3,(H,20,22)(H,21,23). The van der Waals surface area contributed by atoms with Crippen molar-refractivity contribution in [3.05, 3.63) is 76.5 Å². The second-order valence-corrected chi connectivity index (χ2v) is 6.99. The summed E-state index contributed by atoms with van der Waals surface area (Å²) in [6, 6.07) is 18.2. The molecule has 0 saturated carbocycles. The van der Waals surface area contributed by atoms with Gasteiger partial charge in [-0.15, -0.1) is 23.1 Å². The maximum Gasteiger partial charge on any atom is 0.265 e. The highest BCUT2D eigenvalue weighted by atomic mass is 32.2. The molecule has 2 aromatic carbocycles. The Morgan fingerprint density at radius 1 is 0.920 bits per heavy atom. The number of hydrogen-bond donors (Lipinski definition) is 2. The molecule has 2 amide bonds. The van der Waals surface area contributed by atoms with E-state index in [9.17, 15) is 9.59 Å². The van der Waals surface area contributed by atoms with Gasteiger partial charge in [-0.2, -0.15) is 0 Å². The van der Waals surface area contributed by atoms with Crippen LogP contribution in [0.3, 0.4) is 0 Å². The van der Waals surface area contributed by atoms with Crippen LogP contribution in [0.25, 0.3) is 0 Å². The van der Waals surface area contributed by atoms with Crippen LogP contribution in [0.5, 0.6) is 0 Å². The van der Waals surface area contributed by atoms with Crippen LogP contribution in [0, 0.1) is 0 Å². The monoisotopic (exact) mass is 368 g/mol. The Morgan fingerprint density at radius 2 is 1.76 bits per heavy atom. The molecule has 1 aromatic heterocycles. The van der Waals surface area contributed by atoms with E-state index in [2.05, 4.69) is 10.6 Å². The molecule has 0 bridgehead atoms. The molecule has 3 rings (SSSR count). The Kier molecular flexibility index (Phi) is 5.53. The molecule has 25 heavy (non-hydrogen) atoms. The highest BCUT2D eigenvalue weighted by Crippen LogP contribution is 2.22. The Bertz CT molecular complexity index is 892. The van der Waals surface area contributed by atoms with Crippen LogP contribution in [0.4, 0.5) is 11.4 Å². The molecule has 0 aliphatic heterocycles. The second kappa shape index (κ2) is 8.00.